The van der Waals surface area contributed by atoms with Gasteiger partial charge in [-0.25, -0.2) is 0 Å². The summed E-state index contributed by atoms with van der Waals surface area (Å²) in [5.41, 5.74) is 36.6. The van der Waals surface area contributed by atoms with Crippen LogP contribution in [0.5, 0.6) is 0 Å². The molecule has 0 radical (unpaired) electrons. The Labute approximate surface area is 677 Å². The number of hydrogen-bond donors (Lipinski definition) is 0. The summed E-state index contributed by atoms with van der Waals surface area (Å²) >= 11 is 0. The Kier molecular flexibility index (Phi) is 15.8. The molecule has 0 bridgehead atoms. The first-order chi connectivity index (χ1) is 56.8. The van der Waals surface area contributed by atoms with E-state index in [4.69, 9.17) is 0 Å². The average molecular weight is 1480 g/mol. The first kappa shape index (κ1) is 68.6. The minimum absolute atomic E-state index is 0.0460. The summed E-state index contributed by atoms with van der Waals surface area (Å²) in [6.45, 7) is 13.6. The number of rotatable bonds is 12. The van der Waals surface area contributed by atoms with E-state index in [0.29, 0.717) is 0 Å². The van der Waals surface area contributed by atoms with E-state index in [2.05, 4.69) is 453 Å². The Balaban J connectivity index is 0.864. The van der Waals surface area contributed by atoms with Crippen LogP contribution in [-0.4, -0.2) is 15.7 Å². The molecule has 0 N–H and O–H groups in total. The lowest BCUT2D eigenvalue weighted by molar-refractivity contribution is 0.590. The molecule has 3 aromatic heterocycles. The van der Waals surface area contributed by atoms with Crippen molar-refractivity contribution in [2.45, 2.75) is 52.4 Å². The zero-order valence-electron chi connectivity index (χ0n) is 65.8. The van der Waals surface area contributed by atoms with Crippen LogP contribution in [0.4, 0.5) is 51.2 Å². The van der Waals surface area contributed by atoms with Crippen LogP contribution in [0.25, 0.3) is 132 Å². The predicted octanol–water partition coefficient (Wildman–Crippen LogP) is 28.1. The third-order valence-corrected chi connectivity index (χ3v) is 24.7. The largest absolute Gasteiger partial charge is 0.311 e. The monoisotopic (exact) mass is 1480 g/mol. The third-order valence-electron chi connectivity index (χ3n) is 24.7. The van der Waals surface area contributed by atoms with Gasteiger partial charge >= 0.3 is 0 Å². The molecule has 6 heteroatoms. The van der Waals surface area contributed by atoms with E-state index in [1.807, 2.05) is 0 Å². The Bertz CT molecular complexity index is 7080. The fourth-order valence-electron chi connectivity index (χ4n) is 19.0. The van der Waals surface area contributed by atoms with Gasteiger partial charge in [-0.2, -0.15) is 0 Å². The molecule has 0 aliphatic carbocycles. The van der Waals surface area contributed by atoms with Gasteiger partial charge in [0.1, 0.15) is 0 Å². The van der Waals surface area contributed by atoms with Gasteiger partial charge in [0.15, 0.2) is 0 Å². The highest BCUT2D eigenvalue weighted by atomic mass is 15.2. The molecular formula is C110H82BN5. The first-order valence-electron chi connectivity index (χ1n) is 40.6. The average Bonchev–Trinajstić information content (AvgIpc) is 1.64. The Hall–Kier alpha value is -14.2. The number of fused-ring (bicyclic) bond motifs is 13. The van der Waals surface area contributed by atoms with Crippen molar-refractivity contribution in [3.05, 3.63) is 399 Å². The van der Waals surface area contributed by atoms with Crippen molar-refractivity contribution in [3.63, 3.8) is 0 Å². The zero-order chi connectivity index (χ0) is 77.7. The highest BCUT2D eigenvalue weighted by Crippen LogP contribution is 2.52. The van der Waals surface area contributed by atoms with Crippen LogP contribution in [0.15, 0.2) is 388 Å². The summed E-state index contributed by atoms with van der Waals surface area (Å²) in [4.78, 5) is 7.78. The lowest BCUT2D eigenvalue weighted by atomic mass is 9.33. The molecule has 0 saturated heterocycles. The van der Waals surface area contributed by atoms with Crippen molar-refractivity contribution in [2.24, 2.45) is 0 Å². The molecular weight excluding hydrogens is 1400 g/mol. The van der Waals surface area contributed by atoms with Gasteiger partial charge in [0.05, 0.1) is 27.6 Å². The highest BCUT2D eigenvalue weighted by Gasteiger charge is 2.45. The number of nitrogens with zero attached hydrogens (tertiary/aromatic N) is 5. The van der Waals surface area contributed by atoms with Crippen LogP contribution >= 0.6 is 0 Å². The number of aromatic nitrogens is 2. The van der Waals surface area contributed by atoms with Crippen molar-refractivity contribution in [1.82, 2.24) is 8.97 Å². The second-order valence-corrected chi connectivity index (χ2v) is 33.7. The van der Waals surface area contributed by atoms with Gasteiger partial charge in [-0.1, -0.05) is 290 Å². The smallest absolute Gasteiger partial charge is 0.252 e. The highest BCUT2D eigenvalue weighted by molar-refractivity contribution is 7.00. The predicted molar refractivity (Wildman–Crippen MR) is 494 cm³/mol. The van der Waals surface area contributed by atoms with E-state index in [1.54, 1.807) is 0 Å². The second-order valence-electron chi connectivity index (χ2n) is 33.7. The molecule has 116 heavy (non-hydrogen) atoms. The lowest BCUT2D eigenvalue weighted by Gasteiger charge is -2.45. The summed E-state index contributed by atoms with van der Waals surface area (Å²) in [7, 11) is 0. The molecule has 0 spiro atoms. The molecule has 0 saturated carbocycles. The second kappa shape index (κ2) is 26.7. The molecule has 0 unspecified atom stereocenters. The zero-order valence-corrected chi connectivity index (χ0v) is 65.8. The van der Waals surface area contributed by atoms with Gasteiger partial charge in [0.2, 0.25) is 0 Å². The number of hydrogen-bond acceptors (Lipinski definition) is 3. The molecule has 22 rings (SSSR count). The van der Waals surface area contributed by atoms with Crippen molar-refractivity contribution in [3.8, 4) is 72.4 Å². The van der Waals surface area contributed by atoms with Crippen LogP contribution in [-0.2, 0) is 10.8 Å². The number of para-hydroxylation sites is 4. The number of anilines is 9. The molecule has 550 valence electrons. The maximum Gasteiger partial charge on any atom is 0.252 e. The van der Waals surface area contributed by atoms with Crippen LogP contribution in [0, 0.1) is 0 Å². The van der Waals surface area contributed by atoms with E-state index in [9.17, 15) is 0 Å². The first-order valence-corrected chi connectivity index (χ1v) is 40.6. The summed E-state index contributed by atoms with van der Waals surface area (Å²) < 4.78 is 4.92. The molecule has 0 amide bonds. The van der Waals surface area contributed by atoms with Gasteiger partial charge in [0, 0.05) is 89.2 Å². The van der Waals surface area contributed by atoms with Crippen molar-refractivity contribution in [1.29, 1.82) is 0 Å². The van der Waals surface area contributed by atoms with Crippen molar-refractivity contribution >= 4 is 134 Å². The Morgan fingerprint density at radius 2 is 0.586 bits per heavy atom. The fourth-order valence-corrected chi connectivity index (χ4v) is 19.0. The van der Waals surface area contributed by atoms with E-state index in [-0.39, 0.29) is 17.5 Å². The minimum Gasteiger partial charge on any atom is -0.311 e. The van der Waals surface area contributed by atoms with E-state index < -0.39 is 0 Å². The Morgan fingerprint density at radius 3 is 1.09 bits per heavy atom. The van der Waals surface area contributed by atoms with E-state index in [0.717, 1.165) is 129 Å². The Morgan fingerprint density at radius 1 is 0.233 bits per heavy atom. The van der Waals surface area contributed by atoms with Crippen LogP contribution in [0.2, 0.25) is 0 Å². The topological polar surface area (TPSA) is 19.1 Å². The van der Waals surface area contributed by atoms with Crippen molar-refractivity contribution < 1.29 is 0 Å². The molecule has 5 heterocycles. The molecule has 2 aliphatic heterocycles. The number of benzene rings is 17. The van der Waals surface area contributed by atoms with Gasteiger partial charge in [0.25, 0.3) is 6.71 Å². The molecule has 0 fully saturated rings. The van der Waals surface area contributed by atoms with Gasteiger partial charge in [-0.05, 0) is 245 Å². The molecule has 20 aromatic rings. The summed E-state index contributed by atoms with van der Waals surface area (Å²) in [5, 5.41) is 7.44. The SMILES string of the molecule is CC(C)(C)c1ccc(N(c2ccc(C(C)(C)C)cc2)c2ccc3c(c2)N(c2cc(-c4ccccc4)cc(-c4ccccc4)c2)c2cc(-c4ccc5c(c4)c4ccccc4n5-c4ccccc4)cc4c2B3c2ccc(-c3ccc5c(c3)c3cccc6c7ccccc7n5c63)cc2N4c2cc(-c3ccccc3)cc(-c3ccccc3)c2)cc1. The molecule has 5 nitrogen and oxygen atoms in total. The third kappa shape index (κ3) is 11.3. The molecule has 17 aromatic carbocycles. The van der Waals surface area contributed by atoms with Crippen molar-refractivity contribution in [2.75, 3.05) is 14.7 Å². The minimum atomic E-state index is -0.264. The summed E-state index contributed by atoms with van der Waals surface area (Å²) in [6.07, 6.45) is 0. The van der Waals surface area contributed by atoms with Crippen LogP contribution in [0.3, 0.4) is 0 Å². The van der Waals surface area contributed by atoms with E-state index >= 15 is 0 Å². The van der Waals surface area contributed by atoms with Gasteiger partial charge in [-0.3, -0.25) is 0 Å². The van der Waals surface area contributed by atoms with Gasteiger partial charge < -0.3 is 23.7 Å². The van der Waals surface area contributed by atoms with Crippen LogP contribution < -0.4 is 31.1 Å². The normalized spacial score (nSPS) is 12.7. The summed E-state index contributed by atoms with van der Waals surface area (Å²) in [5.74, 6) is 0. The van der Waals surface area contributed by atoms with Gasteiger partial charge in [-0.15, -0.1) is 0 Å². The van der Waals surface area contributed by atoms with Crippen LogP contribution in [0.1, 0.15) is 52.7 Å². The maximum absolute atomic E-state index is 2.65. The molecule has 2 aliphatic rings. The quantitative estimate of drug-likeness (QED) is 0.114. The summed E-state index contributed by atoms with van der Waals surface area (Å²) in [6, 6.07) is 147. The van der Waals surface area contributed by atoms with E-state index in [1.165, 1.54) is 81.9 Å². The lowest BCUT2D eigenvalue weighted by Crippen LogP contribution is -2.61. The standard InChI is InChI=1S/C110H82BN5/c1-109(2,3)83-46-50-86(51-47-83)112(87-52-48-84(49-53-87)110(4,5)6)88-54-56-98-104(70-88)115(90-63-80(73-31-16-9-17-32-73)60-81(64-90)74-33-18-10-19-34-74)106-69-82(76-45-57-101-95(66-76)92-38-23-24-41-99(92)113(101)85-35-20-11-21-36-85)68-105-107(106)111(98)97-55-43-77(75-44-58-102-96(65-75)94-40-26-39-93-91-37-22-25-42-100(91)116(102)108(93)94)67-103(97)114(105)89-61-78(71-27-12-7-13-28-71)59-79(62-89)72-29-14-8-15-30-72/h7-70H,1-6H3. The fraction of sp³-hybridized carbons (Fsp3) is 0.0727. The molecule has 0 atom stereocenters. The maximum atomic E-state index is 2.65.